The van der Waals surface area contributed by atoms with Gasteiger partial charge in [-0.1, -0.05) is 30.3 Å². The van der Waals surface area contributed by atoms with Crippen molar-refractivity contribution in [1.29, 1.82) is 0 Å². The van der Waals surface area contributed by atoms with E-state index in [2.05, 4.69) is 23.2 Å². The van der Waals surface area contributed by atoms with E-state index in [0.29, 0.717) is 5.56 Å². The first-order chi connectivity index (χ1) is 11.3. The minimum Gasteiger partial charge on any atom is -0.359 e. The molecule has 0 atom stereocenters. The second kappa shape index (κ2) is 7.29. The number of quaternary nitrogens is 1. The number of benzene rings is 2. The van der Waals surface area contributed by atoms with E-state index >= 15 is 0 Å². The van der Waals surface area contributed by atoms with Gasteiger partial charge in [0.2, 0.25) is 0 Å². The molecule has 0 aromatic heterocycles. The third-order valence-electron chi connectivity index (χ3n) is 4.50. The molecule has 1 aliphatic heterocycles. The van der Waals surface area contributed by atoms with Crippen LogP contribution in [0, 0.1) is 0 Å². The van der Waals surface area contributed by atoms with Gasteiger partial charge in [0.25, 0.3) is 5.91 Å². The van der Waals surface area contributed by atoms with Gasteiger partial charge >= 0.3 is 0 Å². The molecular formula is C19H24N3O+. The molecule has 4 heteroatoms. The van der Waals surface area contributed by atoms with Crippen LogP contribution in [0.2, 0.25) is 0 Å². The second-order valence-electron chi connectivity index (χ2n) is 5.93. The third-order valence-corrected chi connectivity index (χ3v) is 4.50. The summed E-state index contributed by atoms with van der Waals surface area (Å²) in [7, 11) is 0. The smallest absolute Gasteiger partial charge is 0.255 e. The molecule has 0 bridgehead atoms. The Morgan fingerprint density at radius 1 is 1.04 bits per heavy atom. The van der Waals surface area contributed by atoms with Crippen molar-refractivity contribution in [2.24, 2.45) is 0 Å². The number of nitrogens with zero attached hydrogens (tertiary/aromatic N) is 1. The van der Waals surface area contributed by atoms with Crippen LogP contribution in [0.3, 0.4) is 0 Å². The van der Waals surface area contributed by atoms with Gasteiger partial charge in [-0.2, -0.15) is 0 Å². The van der Waals surface area contributed by atoms with Gasteiger partial charge in [-0.15, -0.1) is 0 Å². The zero-order chi connectivity index (χ0) is 16.1. The Hall–Kier alpha value is -2.33. The summed E-state index contributed by atoms with van der Waals surface area (Å²) < 4.78 is 0. The van der Waals surface area contributed by atoms with Crippen LogP contribution in [0.4, 0.5) is 11.4 Å². The minimum atomic E-state index is -0.0594. The summed E-state index contributed by atoms with van der Waals surface area (Å²) in [4.78, 5) is 16.4. The van der Waals surface area contributed by atoms with Crippen LogP contribution in [0.5, 0.6) is 0 Å². The Kier molecular flexibility index (Phi) is 4.93. The Balaban J connectivity index is 1.75. The molecule has 120 valence electrons. The van der Waals surface area contributed by atoms with Crippen LogP contribution in [-0.2, 0) is 0 Å². The summed E-state index contributed by atoms with van der Waals surface area (Å²) in [5.41, 5.74) is 2.69. The zero-order valence-corrected chi connectivity index (χ0v) is 13.6. The van der Waals surface area contributed by atoms with E-state index in [0.717, 1.165) is 37.6 Å². The van der Waals surface area contributed by atoms with Crippen molar-refractivity contribution in [2.45, 2.75) is 6.92 Å². The lowest BCUT2D eigenvalue weighted by molar-refractivity contribution is -0.898. The number of amides is 1. The highest BCUT2D eigenvalue weighted by Gasteiger charge is 2.21. The molecule has 2 aromatic carbocycles. The summed E-state index contributed by atoms with van der Waals surface area (Å²) in [6.45, 7) is 7.77. The van der Waals surface area contributed by atoms with E-state index in [9.17, 15) is 4.79 Å². The van der Waals surface area contributed by atoms with Crippen molar-refractivity contribution in [2.75, 3.05) is 42.9 Å². The van der Waals surface area contributed by atoms with Crippen molar-refractivity contribution >= 4 is 17.3 Å². The molecule has 23 heavy (non-hydrogen) atoms. The van der Waals surface area contributed by atoms with Crippen LogP contribution in [0.25, 0.3) is 0 Å². The van der Waals surface area contributed by atoms with Gasteiger partial charge in [-0.25, -0.2) is 0 Å². The van der Waals surface area contributed by atoms with Gasteiger partial charge in [0.15, 0.2) is 0 Å². The number of hydrogen-bond donors (Lipinski definition) is 2. The van der Waals surface area contributed by atoms with Crippen LogP contribution in [-0.4, -0.2) is 38.6 Å². The first-order valence-corrected chi connectivity index (χ1v) is 8.32. The first-order valence-electron chi connectivity index (χ1n) is 8.32. The standard InChI is InChI=1S/C19H23N3O/c1-2-21-12-14-22(15-13-21)18-11-7-6-10-17(18)20-19(23)16-8-4-3-5-9-16/h3-11H,2,12-15H2,1H3,(H,20,23)/p+1. The monoisotopic (exact) mass is 310 g/mol. The number of piperazine rings is 1. The van der Waals surface area contributed by atoms with Crippen LogP contribution in [0.15, 0.2) is 54.6 Å². The van der Waals surface area contributed by atoms with Crippen molar-refractivity contribution < 1.29 is 9.69 Å². The second-order valence-corrected chi connectivity index (χ2v) is 5.93. The molecule has 0 saturated carbocycles. The van der Waals surface area contributed by atoms with E-state index in [1.807, 2.05) is 48.5 Å². The van der Waals surface area contributed by atoms with Gasteiger partial charge in [-0.3, -0.25) is 4.79 Å². The van der Waals surface area contributed by atoms with Gasteiger partial charge < -0.3 is 15.1 Å². The Bertz CT molecular complexity index is 649. The fraction of sp³-hybridized carbons (Fsp3) is 0.316. The summed E-state index contributed by atoms with van der Waals surface area (Å²) in [5, 5.41) is 3.06. The van der Waals surface area contributed by atoms with Gasteiger partial charge in [0.05, 0.1) is 44.1 Å². The van der Waals surface area contributed by atoms with Crippen LogP contribution < -0.4 is 15.1 Å². The summed E-state index contributed by atoms with van der Waals surface area (Å²) >= 11 is 0. The molecule has 0 aliphatic carbocycles. The number of para-hydroxylation sites is 2. The molecule has 1 amide bonds. The molecule has 0 radical (unpaired) electrons. The Labute approximate surface area is 137 Å². The van der Waals surface area contributed by atoms with Gasteiger partial charge in [0.1, 0.15) is 0 Å². The molecule has 1 heterocycles. The van der Waals surface area contributed by atoms with Crippen LogP contribution in [0.1, 0.15) is 17.3 Å². The van der Waals surface area contributed by atoms with Gasteiger partial charge in [-0.05, 0) is 31.2 Å². The number of rotatable bonds is 4. The number of hydrogen-bond acceptors (Lipinski definition) is 2. The number of carbonyl (C=O) groups excluding carboxylic acids is 1. The number of likely N-dealkylation sites (N-methyl/N-ethyl adjacent to an activating group) is 1. The average Bonchev–Trinajstić information content (AvgIpc) is 2.63. The molecule has 0 unspecified atom stereocenters. The fourth-order valence-corrected chi connectivity index (χ4v) is 3.06. The number of anilines is 2. The fourth-order valence-electron chi connectivity index (χ4n) is 3.06. The molecule has 4 nitrogen and oxygen atoms in total. The largest absolute Gasteiger partial charge is 0.359 e. The zero-order valence-electron chi connectivity index (χ0n) is 13.6. The summed E-state index contributed by atoms with van der Waals surface area (Å²) in [6, 6.07) is 17.4. The number of carbonyl (C=O) groups is 1. The Morgan fingerprint density at radius 2 is 1.70 bits per heavy atom. The van der Waals surface area contributed by atoms with E-state index in [1.54, 1.807) is 4.90 Å². The maximum atomic E-state index is 12.4. The number of nitrogens with one attached hydrogen (secondary N) is 2. The van der Waals surface area contributed by atoms with Crippen molar-refractivity contribution in [3.63, 3.8) is 0 Å². The maximum absolute atomic E-state index is 12.4. The SMILES string of the molecule is CC[NH+]1CCN(c2ccccc2NC(=O)c2ccccc2)CC1. The van der Waals surface area contributed by atoms with E-state index in [4.69, 9.17) is 0 Å². The molecular weight excluding hydrogens is 286 g/mol. The van der Waals surface area contributed by atoms with Crippen molar-refractivity contribution in [1.82, 2.24) is 0 Å². The minimum absolute atomic E-state index is 0.0594. The highest BCUT2D eigenvalue weighted by molar-refractivity contribution is 6.05. The highest BCUT2D eigenvalue weighted by Crippen LogP contribution is 2.26. The predicted molar refractivity (Wildman–Crippen MR) is 94.3 cm³/mol. The van der Waals surface area contributed by atoms with Crippen molar-refractivity contribution in [3.05, 3.63) is 60.2 Å². The lowest BCUT2D eigenvalue weighted by Gasteiger charge is -2.34. The quantitative estimate of drug-likeness (QED) is 0.901. The molecule has 1 saturated heterocycles. The molecule has 2 N–H and O–H groups in total. The van der Waals surface area contributed by atoms with Crippen molar-refractivity contribution in [3.8, 4) is 0 Å². The molecule has 2 aromatic rings. The molecule has 1 fully saturated rings. The maximum Gasteiger partial charge on any atom is 0.255 e. The van der Waals surface area contributed by atoms with E-state index < -0.39 is 0 Å². The van der Waals surface area contributed by atoms with E-state index in [-0.39, 0.29) is 5.91 Å². The Morgan fingerprint density at radius 3 is 2.39 bits per heavy atom. The summed E-state index contributed by atoms with van der Waals surface area (Å²) in [6.07, 6.45) is 0. The first kappa shape index (κ1) is 15.6. The normalized spacial score (nSPS) is 15.4. The summed E-state index contributed by atoms with van der Waals surface area (Å²) in [5.74, 6) is -0.0594. The third kappa shape index (κ3) is 3.71. The molecule has 3 rings (SSSR count). The van der Waals surface area contributed by atoms with Crippen LogP contribution >= 0.6 is 0 Å². The topological polar surface area (TPSA) is 36.8 Å². The predicted octanol–water partition coefficient (Wildman–Crippen LogP) is 1.66. The molecule has 1 aliphatic rings. The molecule has 0 spiro atoms. The lowest BCUT2D eigenvalue weighted by Crippen LogP contribution is -3.14. The highest BCUT2D eigenvalue weighted by atomic mass is 16.1. The lowest BCUT2D eigenvalue weighted by atomic mass is 10.2. The average molecular weight is 310 g/mol. The van der Waals surface area contributed by atoms with E-state index in [1.165, 1.54) is 6.54 Å². The van der Waals surface area contributed by atoms with Gasteiger partial charge in [0, 0.05) is 5.56 Å².